The zero-order valence-corrected chi connectivity index (χ0v) is 8.83. The van der Waals surface area contributed by atoms with E-state index in [0.29, 0.717) is 10.9 Å². The molecule has 1 heterocycles. The van der Waals surface area contributed by atoms with E-state index in [0.717, 1.165) is 5.56 Å². The Hall–Kier alpha value is -1.49. The van der Waals surface area contributed by atoms with Crippen LogP contribution in [0.4, 0.5) is 0 Å². The zero-order valence-electron chi connectivity index (χ0n) is 8.01. The van der Waals surface area contributed by atoms with Crippen LogP contribution in [0.1, 0.15) is 5.56 Å². The van der Waals surface area contributed by atoms with Gasteiger partial charge in [0, 0.05) is 5.75 Å². The van der Waals surface area contributed by atoms with Gasteiger partial charge in [-0.15, -0.1) is 0 Å². The highest BCUT2D eigenvalue weighted by molar-refractivity contribution is 8.14. The lowest BCUT2D eigenvalue weighted by Gasteiger charge is -2.21. The molecule has 1 aliphatic rings. The van der Waals surface area contributed by atoms with E-state index in [2.05, 4.69) is 4.99 Å². The molecule has 1 aromatic rings. The van der Waals surface area contributed by atoms with E-state index in [9.17, 15) is 4.79 Å². The van der Waals surface area contributed by atoms with Crippen LogP contribution in [-0.4, -0.2) is 16.8 Å². The van der Waals surface area contributed by atoms with Crippen LogP contribution in [0.3, 0.4) is 0 Å². The normalized spacial score (nSPS) is 24.9. The molecule has 0 saturated carbocycles. The summed E-state index contributed by atoms with van der Waals surface area (Å²) < 4.78 is 0. The van der Waals surface area contributed by atoms with Gasteiger partial charge in [0.15, 0.2) is 10.7 Å². The van der Waals surface area contributed by atoms with Gasteiger partial charge in [0.25, 0.3) is 5.91 Å². The molecule has 1 aliphatic heterocycles. The Labute approximate surface area is 91.7 Å². The van der Waals surface area contributed by atoms with Crippen LogP contribution in [0.15, 0.2) is 35.3 Å². The van der Waals surface area contributed by atoms with Crippen molar-refractivity contribution in [2.45, 2.75) is 5.54 Å². The second-order valence-electron chi connectivity index (χ2n) is 3.33. The smallest absolute Gasteiger partial charge is 0.250 e. The molecule has 0 aromatic heterocycles. The number of thioether (sulfide) groups is 1. The van der Waals surface area contributed by atoms with Gasteiger partial charge in [-0.25, -0.2) is 4.99 Å². The number of carbonyl (C=O) groups excluding carboxylic acids is 1. The van der Waals surface area contributed by atoms with Gasteiger partial charge >= 0.3 is 0 Å². The predicted octanol–water partition coefficient (Wildman–Crippen LogP) is 0.429. The van der Waals surface area contributed by atoms with Crippen molar-refractivity contribution in [3.63, 3.8) is 0 Å². The lowest BCUT2D eigenvalue weighted by molar-refractivity contribution is -0.122. The fraction of sp³-hybridized carbons (Fsp3) is 0.200. The van der Waals surface area contributed by atoms with Crippen molar-refractivity contribution in [3.05, 3.63) is 35.9 Å². The molecule has 0 fully saturated rings. The SMILES string of the molecule is NC(=O)C1(c2ccccc2)CSC(N)=N1. The van der Waals surface area contributed by atoms with E-state index in [-0.39, 0.29) is 0 Å². The lowest BCUT2D eigenvalue weighted by Crippen LogP contribution is -2.40. The molecular formula is C10H11N3OS. The maximum Gasteiger partial charge on any atom is 0.250 e. The molecule has 0 spiro atoms. The standard InChI is InChI=1S/C10H11N3OS/c11-8(14)10(6-15-9(12)13-10)7-4-2-1-3-5-7/h1-5H,6H2,(H2,11,14)(H2,12,13). The van der Waals surface area contributed by atoms with Crippen LogP contribution in [0, 0.1) is 0 Å². The molecule has 15 heavy (non-hydrogen) atoms. The predicted molar refractivity (Wildman–Crippen MR) is 61.4 cm³/mol. The molecule has 4 nitrogen and oxygen atoms in total. The number of amidine groups is 1. The molecule has 78 valence electrons. The molecule has 1 aromatic carbocycles. The lowest BCUT2D eigenvalue weighted by atomic mass is 9.92. The highest BCUT2D eigenvalue weighted by Crippen LogP contribution is 2.35. The van der Waals surface area contributed by atoms with Crippen LogP contribution in [0.5, 0.6) is 0 Å². The minimum Gasteiger partial charge on any atom is -0.378 e. The van der Waals surface area contributed by atoms with E-state index in [1.807, 2.05) is 30.3 Å². The molecule has 0 saturated heterocycles. The quantitative estimate of drug-likeness (QED) is 0.759. The van der Waals surface area contributed by atoms with E-state index in [4.69, 9.17) is 11.5 Å². The third-order valence-corrected chi connectivity index (χ3v) is 3.34. The van der Waals surface area contributed by atoms with E-state index in [1.54, 1.807) is 0 Å². The third-order valence-electron chi connectivity index (χ3n) is 2.39. The van der Waals surface area contributed by atoms with Gasteiger partial charge in [0.1, 0.15) is 0 Å². The number of primary amides is 1. The molecule has 0 bridgehead atoms. The minimum atomic E-state index is -0.976. The summed E-state index contributed by atoms with van der Waals surface area (Å²) in [6.07, 6.45) is 0. The van der Waals surface area contributed by atoms with Gasteiger partial charge < -0.3 is 11.5 Å². The Balaban J connectivity index is 2.50. The summed E-state index contributed by atoms with van der Waals surface area (Å²) in [4.78, 5) is 15.7. The van der Waals surface area contributed by atoms with Crippen molar-refractivity contribution >= 4 is 22.8 Å². The first kappa shape index (κ1) is 10.0. The number of hydrogen-bond donors (Lipinski definition) is 2. The molecule has 0 aliphatic carbocycles. The zero-order chi connectivity index (χ0) is 10.9. The Bertz CT molecular complexity index is 418. The summed E-state index contributed by atoms with van der Waals surface area (Å²) in [6.45, 7) is 0. The number of hydrogen-bond acceptors (Lipinski definition) is 4. The maximum absolute atomic E-state index is 11.5. The largest absolute Gasteiger partial charge is 0.378 e. The van der Waals surface area contributed by atoms with Gasteiger partial charge in [0.05, 0.1) is 0 Å². The Kier molecular flexibility index (Phi) is 2.40. The third kappa shape index (κ3) is 1.59. The van der Waals surface area contributed by atoms with Gasteiger partial charge in [-0.1, -0.05) is 42.1 Å². The molecule has 1 unspecified atom stereocenters. The molecule has 2 rings (SSSR count). The van der Waals surface area contributed by atoms with Crippen molar-refractivity contribution in [1.82, 2.24) is 0 Å². The average molecular weight is 221 g/mol. The van der Waals surface area contributed by atoms with Gasteiger partial charge in [-0.3, -0.25) is 4.79 Å². The fourth-order valence-corrected chi connectivity index (χ4v) is 2.51. The van der Waals surface area contributed by atoms with Crippen LogP contribution in [0.2, 0.25) is 0 Å². The Morgan fingerprint density at radius 1 is 1.40 bits per heavy atom. The summed E-state index contributed by atoms with van der Waals surface area (Å²) in [5, 5.41) is 0.414. The van der Waals surface area contributed by atoms with Gasteiger partial charge in [-0.2, -0.15) is 0 Å². The van der Waals surface area contributed by atoms with E-state index in [1.165, 1.54) is 11.8 Å². The maximum atomic E-state index is 11.5. The number of carbonyl (C=O) groups is 1. The summed E-state index contributed by atoms with van der Waals surface area (Å²) in [6, 6.07) is 9.28. The number of amides is 1. The average Bonchev–Trinajstić information content (AvgIpc) is 2.63. The second-order valence-corrected chi connectivity index (χ2v) is 4.32. The minimum absolute atomic E-state index is 0.414. The highest BCUT2D eigenvalue weighted by Gasteiger charge is 2.42. The molecule has 1 amide bonds. The topological polar surface area (TPSA) is 81.5 Å². The van der Waals surface area contributed by atoms with Crippen molar-refractivity contribution in [2.75, 3.05) is 5.75 Å². The summed E-state index contributed by atoms with van der Waals surface area (Å²) in [7, 11) is 0. The molecule has 4 N–H and O–H groups in total. The molecule has 5 heteroatoms. The Morgan fingerprint density at radius 2 is 2.07 bits per heavy atom. The number of rotatable bonds is 2. The first-order chi connectivity index (χ1) is 7.15. The molecule has 1 atom stereocenters. The fourth-order valence-electron chi connectivity index (χ4n) is 1.56. The van der Waals surface area contributed by atoms with Crippen LogP contribution < -0.4 is 11.5 Å². The number of nitrogens with zero attached hydrogens (tertiary/aromatic N) is 1. The second kappa shape index (κ2) is 3.58. The van der Waals surface area contributed by atoms with Crippen molar-refractivity contribution in [3.8, 4) is 0 Å². The summed E-state index contributed by atoms with van der Waals surface area (Å²) in [5.41, 5.74) is 10.8. The van der Waals surface area contributed by atoms with Crippen molar-refractivity contribution in [2.24, 2.45) is 16.5 Å². The number of aliphatic imine (C=N–C) groups is 1. The van der Waals surface area contributed by atoms with E-state index >= 15 is 0 Å². The number of benzene rings is 1. The van der Waals surface area contributed by atoms with E-state index < -0.39 is 11.4 Å². The Morgan fingerprint density at radius 3 is 2.53 bits per heavy atom. The molecule has 0 radical (unpaired) electrons. The van der Waals surface area contributed by atoms with Crippen molar-refractivity contribution < 1.29 is 4.79 Å². The van der Waals surface area contributed by atoms with Gasteiger partial charge in [0.2, 0.25) is 0 Å². The first-order valence-corrected chi connectivity index (χ1v) is 5.47. The van der Waals surface area contributed by atoms with Crippen LogP contribution in [0.25, 0.3) is 0 Å². The summed E-state index contributed by atoms with van der Waals surface area (Å²) >= 11 is 1.35. The number of nitrogens with two attached hydrogens (primary N) is 2. The molecular weight excluding hydrogens is 210 g/mol. The highest BCUT2D eigenvalue weighted by atomic mass is 32.2. The first-order valence-electron chi connectivity index (χ1n) is 4.49. The monoisotopic (exact) mass is 221 g/mol. The van der Waals surface area contributed by atoms with Gasteiger partial charge in [-0.05, 0) is 5.56 Å². The van der Waals surface area contributed by atoms with Crippen LogP contribution in [-0.2, 0) is 10.3 Å². The summed E-state index contributed by atoms with van der Waals surface area (Å²) in [5.74, 6) is 0.0275. The van der Waals surface area contributed by atoms with Crippen LogP contribution >= 0.6 is 11.8 Å². The van der Waals surface area contributed by atoms with Crippen molar-refractivity contribution in [1.29, 1.82) is 0 Å².